The molecule has 2 nitrogen and oxygen atoms in total. The minimum atomic E-state index is -0.0291. The molecule has 0 saturated carbocycles. The number of halogens is 2. The van der Waals surface area contributed by atoms with Gasteiger partial charge in [-0.3, -0.25) is 0 Å². The van der Waals surface area contributed by atoms with Crippen molar-refractivity contribution < 1.29 is 55.0 Å². The normalized spacial score (nSPS) is 11.6. The number of thiophene rings is 1. The Morgan fingerprint density at radius 3 is 1.07 bits per heavy atom. The van der Waals surface area contributed by atoms with Crippen molar-refractivity contribution in [3.63, 3.8) is 0 Å². The number of aromatic hydroxyl groups is 2. The van der Waals surface area contributed by atoms with E-state index in [0.717, 1.165) is 22.3 Å². The fourth-order valence-corrected chi connectivity index (χ4v) is 5.82. The van der Waals surface area contributed by atoms with Crippen molar-refractivity contribution in [2.24, 2.45) is 0 Å². The molecule has 0 fully saturated rings. The molecule has 3 rings (SSSR count). The molecule has 2 aromatic carbocycles. The van der Waals surface area contributed by atoms with E-state index in [9.17, 15) is 10.2 Å². The molecule has 42 heavy (non-hydrogen) atoms. The van der Waals surface area contributed by atoms with Gasteiger partial charge >= 0.3 is 64.4 Å². The molecule has 1 heterocycles. The number of phenols is 2. The van der Waals surface area contributed by atoms with Crippen molar-refractivity contribution in [3.8, 4) is 11.5 Å². The van der Waals surface area contributed by atoms with Crippen LogP contribution in [0.4, 0.5) is 0 Å². The zero-order valence-corrected chi connectivity index (χ0v) is 32.5. The number of aryl methyl sites for hydroxylation is 3. The SMILES string of the molecule is Cc1ccc(C(C)(C)C)c(C(C)(C)C)c1O.Cc1ccc(C(C)(C)C)c(C(C)(C)C)c1O.Cc1ccc([CH]=[Ti])s1.[Cl-].[Cl-]. The van der Waals surface area contributed by atoms with Crippen LogP contribution in [0.15, 0.2) is 36.4 Å². The first-order valence-electron chi connectivity index (χ1n) is 14.2. The second-order valence-electron chi connectivity index (χ2n) is 14.9. The van der Waals surface area contributed by atoms with E-state index in [0.29, 0.717) is 11.5 Å². The predicted molar refractivity (Wildman–Crippen MR) is 175 cm³/mol. The van der Waals surface area contributed by atoms with Gasteiger partial charge in [-0.15, -0.1) is 0 Å². The van der Waals surface area contributed by atoms with E-state index < -0.39 is 0 Å². The van der Waals surface area contributed by atoms with Crippen LogP contribution in [0.25, 0.3) is 0 Å². The summed E-state index contributed by atoms with van der Waals surface area (Å²) in [6, 6.07) is 12.6. The molecule has 6 heteroatoms. The predicted octanol–water partition coefficient (Wildman–Crippen LogP) is 4.35. The molecule has 3 aromatic rings. The minimum absolute atomic E-state index is 0. The molecule has 0 bridgehead atoms. The molecular weight excluding hydrogens is 615 g/mol. The summed E-state index contributed by atoms with van der Waals surface area (Å²) in [5, 5.41) is 20.6. The standard InChI is InChI=1S/2C15H24O.C6H6S.2ClH.Ti/c2*1-10-8-9-11(14(2,3)4)12(13(10)16)15(5,6)7;1-5-3-4-6(2)7-5;;;/h2*8-9,16H,1-7H3;1,3-4H,2H3;2*1H;/p-2. The van der Waals surface area contributed by atoms with Crippen molar-refractivity contribution in [1.29, 1.82) is 0 Å². The van der Waals surface area contributed by atoms with Gasteiger partial charge in [-0.05, 0) is 57.8 Å². The Kier molecular flexibility index (Phi) is 16.7. The van der Waals surface area contributed by atoms with Gasteiger partial charge in [-0.25, -0.2) is 0 Å². The second kappa shape index (κ2) is 16.3. The van der Waals surface area contributed by atoms with Crippen molar-refractivity contribution >= 4 is 15.7 Å². The van der Waals surface area contributed by atoms with E-state index in [4.69, 9.17) is 0 Å². The molecule has 0 radical (unpaired) electrons. The first kappa shape index (κ1) is 43.0. The average molecular weight is 670 g/mol. The molecule has 0 aliphatic carbocycles. The largest absolute Gasteiger partial charge is 1.00 e. The maximum absolute atomic E-state index is 10.3. The molecule has 2 N–H and O–H groups in total. The number of hydrogen-bond donors (Lipinski definition) is 2. The monoisotopic (exact) mass is 668 g/mol. The van der Waals surface area contributed by atoms with Crippen molar-refractivity contribution in [1.82, 2.24) is 0 Å². The van der Waals surface area contributed by atoms with Gasteiger partial charge in [0.1, 0.15) is 11.5 Å². The van der Waals surface area contributed by atoms with Gasteiger partial charge in [0.15, 0.2) is 0 Å². The van der Waals surface area contributed by atoms with E-state index >= 15 is 0 Å². The van der Waals surface area contributed by atoms with Gasteiger partial charge in [-0.1, -0.05) is 107 Å². The van der Waals surface area contributed by atoms with E-state index in [1.807, 2.05) is 37.3 Å². The average Bonchev–Trinajstić information content (AvgIpc) is 3.20. The van der Waals surface area contributed by atoms with E-state index in [-0.39, 0.29) is 46.5 Å². The summed E-state index contributed by atoms with van der Waals surface area (Å²) in [6.07, 6.45) is 0. The maximum atomic E-state index is 10.3. The smallest absolute Gasteiger partial charge is 1.00 e. The van der Waals surface area contributed by atoms with Crippen molar-refractivity contribution in [2.75, 3.05) is 0 Å². The van der Waals surface area contributed by atoms with E-state index in [1.54, 1.807) is 0 Å². The number of hydrogen-bond acceptors (Lipinski definition) is 3. The molecule has 236 valence electrons. The third-order valence-corrected chi connectivity index (χ3v) is 8.54. The second-order valence-corrected chi connectivity index (χ2v) is 16.7. The van der Waals surface area contributed by atoms with Gasteiger partial charge < -0.3 is 35.0 Å². The van der Waals surface area contributed by atoms with Crippen LogP contribution in [0.1, 0.15) is 126 Å². The number of phenolic OH excluding ortho intramolecular Hbond substituents is 2. The molecule has 0 saturated heterocycles. The Hall–Kier alpha value is -1.10. The van der Waals surface area contributed by atoms with Crippen LogP contribution in [0.3, 0.4) is 0 Å². The van der Waals surface area contributed by atoms with Crippen LogP contribution >= 0.6 is 11.3 Å². The molecule has 0 unspecified atom stereocenters. The topological polar surface area (TPSA) is 40.5 Å². The summed E-state index contributed by atoms with van der Waals surface area (Å²) in [7, 11) is 0. The fourth-order valence-electron chi connectivity index (χ4n) is 4.69. The summed E-state index contributed by atoms with van der Waals surface area (Å²) in [6.45, 7) is 32.1. The summed E-state index contributed by atoms with van der Waals surface area (Å²) < 4.78 is 2.12. The maximum Gasteiger partial charge on any atom is -1.00 e. The van der Waals surface area contributed by atoms with Gasteiger partial charge in [0.25, 0.3) is 0 Å². The first-order chi connectivity index (χ1) is 17.9. The van der Waals surface area contributed by atoms with Crippen LogP contribution in [0, 0.1) is 20.8 Å². The molecule has 0 aliphatic heterocycles. The summed E-state index contributed by atoms with van der Waals surface area (Å²) in [5.74, 6) is 0.917. The Labute approximate surface area is 285 Å². The zero-order valence-electron chi connectivity index (χ0n) is 28.6. The van der Waals surface area contributed by atoms with Gasteiger partial charge in [-0.2, -0.15) is 0 Å². The molecule has 1 aromatic heterocycles. The van der Waals surface area contributed by atoms with Crippen LogP contribution in [-0.2, 0) is 41.6 Å². The van der Waals surface area contributed by atoms with Crippen LogP contribution in [0.5, 0.6) is 11.5 Å². The van der Waals surface area contributed by atoms with Crippen LogP contribution in [0.2, 0.25) is 0 Å². The van der Waals surface area contributed by atoms with E-state index in [1.165, 1.54) is 20.9 Å². The zero-order chi connectivity index (χ0) is 31.4. The fraction of sp³-hybridized carbons (Fsp3) is 0.528. The molecule has 0 atom stereocenters. The third kappa shape index (κ3) is 12.1. The van der Waals surface area contributed by atoms with Crippen molar-refractivity contribution in [3.05, 3.63) is 79.5 Å². The molecular formula is C36H54Cl2O2STi-2. The Morgan fingerprint density at radius 1 is 0.548 bits per heavy atom. The van der Waals surface area contributed by atoms with Crippen LogP contribution in [-0.4, -0.2) is 14.5 Å². The summed E-state index contributed by atoms with van der Waals surface area (Å²) in [4.78, 5) is 2.75. The molecule has 0 aliphatic rings. The summed E-state index contributed by atoms with van der Waals surface area (Å²) in [5.41, 5.74) is 6.63. The third-order valence-electron chi connectivity index (χ3n) is 6.78. The molecule has 0 amide bonds. The van der Waals surface area contributed by atoms with Crippen LogP contribution < -0.4 is 24.8 Å². The Bertz CT molecular complexity index is 1220. The first-order valence-corrected chi connectivity index (χ1v) is 15.9. The molecule has 0 spiro atoms. The number of benzene rings is 2. The quantitative estimate of drug-likeness (QED) is 0.379. The minimum Gasteiger partial charge on any atom is -1.00 e. The van der Waals surface area contributed by atoms with E-state index in [2.05, 4.69) is 139 Å². The van der Waals surface area contributed by atoms with Gasteiger partial charge in [0, 0.05) is 11.1 Å². The van der Waals surface area contributed by atoms with Crippen molar-refractivity contribution in [2.45, 2.75) is 126 Å². The Morgan fingerprint density at radius 2 is 0.881 bits per heavy atom. The summed E-state index contributed by atoms with van der Waals surface area (Å²) >= 11 is 3.89. The van der Waals surface area contributed by atoms with Gasteiger partial charge in [0.2, 0.25) is 0 Å². The number of rotatable bonds is 1. The van der Waals surface area contributed by atoms with Gasteiger partial charge in [0.05, 0.1) is 0 Å². The Balaban J connectivity index is 0.